The number of hydrogen-bond acceptors (Lipinski definition) is 0. The maximum atomic E-state index is 2.28. The molecule has 0 heterocycles. The molecule has 0 heteroatoms. The summed E-state index contributed by atoms with van der Waals surface area (Å²) < 4.78 is 0. The van der Waals surface area contributed by atoms with Crippen LogP contribution in [-0.2, 0) is 0 Å². The standard InChI is InChI=1S/C8H16.7CH4/c1-4-6-7-8(3)5-2;;;;;;;/h4,6,8H,5,7H2,1-3H3;7*1H4. The van der Waals surface area contributed by atoms with E-state index in [1.165, 1.54) is 12.8 Å². The summed E-state index contributed by atoms with van der Waals surface area (Å²) in [5, 5.41) is 0. The van der Waals surface area contributed by atoms with Gasteiger partial charge in [0, 0.05) is 0 Å². The lowest BCUT2D eigenvalue weighted by Crippen LogP contribution is -1.86. The Labute approximate surface area is 104 Å². The van der Waals surface area contributed by atoms with Crippen LogP contribution in [0.5, 0.6) is 0 Å². The second kappa shape index (κ2) is 49.1. The van der Waals surface area contributed by atoms with Crippen LogP contribution in [0.25, 0.3) is 0 Å². The Kier molecular flexibility index (Phi) is 200. The second-order valence-electron chi connectivity index (χ2n) is 2.32. The van der Waals surface area contributed by atoms with Gasteiger partial charge >= 0.3 is 0 Å². The molecule has 0 aromatic carbocycles. The Hall–Kier alpha value is -0.260. The van der Waals surface area contributed by atoms with Crippen LogP contribution in [0, 0.1) is 5.92 Å². The van der Waals surface area contributed by atoms with Gasteiger partial charge in [0.2, 0.25) is 0 Å². The molecule has 0 spiro atoms. The average molecular weight is 225 g/mol. The fourth-order valence-corrected chi connectivity index (χ4v) is 0.535. The van der Waals surface area contributed by atoms with E-state index in [1.807, 2.05) is 0 Å². The van der Waals surface area contributed by atoms with E-state index in [4.69, 9.17) is 0 Å². The molecule has 0 bridgehead atoms. The first-order valence-corrected chi connectivity index (χ1v) is 3.42. The molecule has 1 unspecified atom stereocenters. The Bertz CT molecular complexity index is 62.4. The minimum Gasteiger partial charge on any atom is -0.0917 e. The van der Waals surface area contributed by atoms with Crippen molar-refractivity contribution in [1.82, 2.24) is 0 Å². The lowest BCUT2D eigenvalue weighted by atomic mass is 10.1. The third kappa shape index (κ3) is 57.5. The predicted octanol–water partition coefficient (Wildman–Crippen LogP) is 7.45. The van der Waals surface area contributed by atoms with Gasteiger partial charge in [-0.05, 0) is 19.3 Å². The Morgan fingerprint density at radius 1 is 0.867 bits per heavy atom. The van der Waals surface area contributed by atoms with Gasteiger partial charge in [0.25, 0.3) is 0 Å². The van der Waals surface area contributed by atoms with Crippen molar-refractivity contribution in [2.24, 2.45) is 5.92 Å². The van der Waals surface area contributed by atoms with E-state index in [-0.39, 0.29) is 52.0 Å². The molecule has 0 saturated heterocycles. The summed E-state index contributed by atoms with van der Waals surface area (Å²) in [6.45, 7) is 6.58. The Balaban J connectivity index is -0.0000000117. The van der Waals surface area contributed by atoms with Crippen LogP contribution >= 0.6 is 0 Å². The SMILES string of the molecule is C.C.C.C.C.C.C.CC=CCC(C)CC. The molecule has 1 atom stereocenters. The van der Waals surface area contributed by atoms with E-state index >= 15 is 0 Å². The highest BCUT2D eigenvalue weighted by Gasteiger charge is 1.91. The zero-order valence-corrected chi connectivity index (χ0v) is 6.15. The van der Waals surface area contributed by atoms with E-state index in [9.17, 15) is 0 Å². The van der Waals surface area contributed by atoms with Crippen LogP contribution in [-0.4, -0.2) is 0 Å². The van der Waals surface area contributed by atoms with Crippen LogP contribution in [0.15, 0.2) is 12.2 Å². The smallest absolute Gasteiger partial charge is 0.0325 e. The zero-order valence-electron chi connectivity index (χ0n) is 6.15. The van der Waals surface area contributed by atoms with E-state index in [1.54, 1.807) is 0 Å². The molecular weight excluding hydrogens is 180 g/mol. The van der Waals surface area contributed by atoms with Crippen LogP contribution in [0.3, 0.4) is 0 Å². The van der Waals surface area contributed by atoms with Crippen LogP contribution in [0.4, 0.5) is 0 Å². The third-order valence-corrected chi connectivity index (χ3v) is 1.47. The van der Waals surface area contributed by atoms with Crippen molar-refractivity contribution in [1.29, 1.82) is 0 Å². The van der Waals surface area contributed by atoms with E-state index in [0.717, 1.165) is 5.92 Å². The maximum Gasteiger partial charge on any atom is -0.0325 e. The van der Waals surface area contributed by atoms with Crippen LogP contribution in [0.2, 0.25) is 0 Å². The monoisotopic (exact) mass is 224 g/mol. The van der Waals surface area contributed by atoms with E-state index in [0.29, 0.717) is 0 Å². The van der Waals surface area contributed by atoms with Gasteiger partial charge in [-0.3, -0.25) is 0 Å². The molecule has 0 fully saturated rings. The summed E-state index contributed by atoms with van der Waals surface area (Å²) in [5.74, 6) is 0.867. The molecule has 0 amide bonds. The normalized spacial score (nSPS) is 7.93. The largest absolute Gasteiger partial charge is 0.0917 e. The molecule has 0 aliphatic carbocycles. The summed E-state index contributed by atoms with van der Waals surface area (Å²) >= 11 is 0. The fourth-order valence-electron chi connectivity index (χ4n) is 0.535. The van der Waals surface area contributed by atoms with Gasteiger partial charge in [-0.2, -0.15) is 0 Å². The first-order chi connectivity index (χ1) is 3.81. The minimum absolute atomic E-state index is 0. The molecule has 0 saturated carbocycles. The van der Waals surface area contributed by atoms with Gasteiger partial charge in [0.1, 0.15) is 0 Å². The highest BCUT2D eigenvalue weighted by Crippen LogP contribution is 2.05. The molecule has 0 aliphatic rings. The molecule has 0 aromatic heterocycles. The Morgan fingerprint density at radius 3 is 1.40 bits per heavy atom. The summed E-state index contributed by atoms with van der Waals surface area (Å²) in [6, 6.07) is 0. The summed E-state index contributed by atoms with van der Waals surface area (Å²) in [6.07, 6.45) is 6.89. The molecule has 15 heavy (non-hydrogen) atoms. The highest BCUT2D eigenvalue weighted by molar-refractivity contribution is 4.78. The van der Waals surface area contributed by atoms with Crippen LogP contribution < -0.4 is 0 Å². The van der Waals surface area contributed by atoms with Crippen molar-refractivity contribution >= 4 is 0 Å². The zero-order chi connectivity index (χ0) is 6.41. The molecular formula is C15H44. The number of hydrogen-bond donors (Lipinski definition) is 0. The summed E-state index contributed by atoms with van der Waals surface area (Å²) in [7, 11) is 0. The van der Waals surface area contributed by atoms with Crippen molar-refractivity contribution in [3.63, 3.8) is 0 Å². The molecule has 0 nitrogen and oxygen atoms in total. The molecule has 0 aromatic rings. The van der Waals surface area contributed by atoms with Gasteiger partial charge in [0.15, 0.2) is 0 Å². The third-order valence-electron chi connectivity index (χ3n) is 1.47. The molecule has 0 radical (unpaired) electrons. The fraction of sp³-hybridized carbons (Fsp3) is 0.867. The van der Waals surface area contributed by atoms with Crippen LogP contribution in [0.1, 0.15) is 85.6 Å². The molecule has 0 aliphatic heterocycles. The molecule has 104 valence electrons. The topological polar surface area (TPSA) is 0 Å². The number of rotatable bonds is 3. The van der Waals surface area contributed by atoms with E-state index in [2.05, 4.69) is 32.9 Å². The first kappa shape index (κ1) is 61.3. The van der Waals surface area contributed by atoms with E-state index < -0.39 is 0 Å². The summed E-state index contributed by atoms with van der Waals surface area (Å²) in [5.41, 5.74) is 0. The number of allylic oxidation sites excluding steroid dienone is 2. The van der Waals surface area contributed by atoms with Gasteiger partial charge in [0.05, 0.1) is 0 Å². The van der Waals surface area contributed by atoms with Gasteiger partial charge < -0.3 is 0 Å². The first-order valence-electron chi connectivity index (χ1n) is 3.42. The van der Waals surface area contributed by atoms with Crippen molar-refractivity contribution < 1.29 is 0 Å². The van der Waals surface area contributed by atoms with Gasteiger partial charge in [-0.15, -0.1) is 0 Å². The predicted molar refractivity (Wildman–Crippen MR) is 86.0 cm³/mol. The second-order valence-corrected chi connectivity index (χ2v) is 2.32. The van der Waals surface area contributed by atoms with Gasteiger partial charge in [-0.25, -0.2) is 0 Å². The van der Waals surface area contributed by atoms with Crippen molar-refractivity contribution in [3.8, 4) is 0 Å². The molecule has 0 rings (SSSR count). The van der Waals surface area contributed by atoms with Crippen molar-refractivity contribution in [3.05, 3.63) is 12.2 Å². The van der Waals surface area contributed by atoms with Crippen molar-refractivity contribution in [2.45, 2.75) is 85.6 Å². The summed E-state index contributed by atoms with van der Waals surface area (Å²) in [4.78, 5) is 0. The average Bonchev–Trinajstić information content (AvgIpc) is 1.83. The minimum atomic E-state index is 0. The van der Waals surface area contributed by atoms with Crippen molar-refractivity contribution in [2.75, 3.05) is 0 Å². The molecule has 0 N–H and O–H groups in total. The van der Waals surface area contributed by atoms with Gasteiger partial charge in [-0.1, -0.05) is 84.4 Å². The highest BCUT2D eigenvalue weighted by atomic mass is 14.0. The maximum absolute atomic E-state index is 2.28. The lowest BCUT2D eigenvalue weighted by molar-refractivity contribution is 0.572. The quantitative estimate of drug-likeness (QED) is 0.437. The lowest BCUT2D eigenvalue weighted by Gasteiger charge is -2.00. The Morgan fingerprint density at radius 2 is 1.20 bits per heavy atom.